The fourth-order valence-corrected chi connectivity index (χ4v) is 5.38. The molecular weight excluding hydrogens is 454 g/mol. The topological polar surface area (TPSA) is 116 Å². The zero-order chi connectivity index (χ0) is 21.6. The molecule has 3 rings (SSSR count). The van der Waals surface area contributed by atoms with E-state index in [-0.39, 0.29) is 34.7 Å². The van der Waals surface area contributed by atoms with Gasteiger partial charge in [-0.2, -0.15) is 4.31 Å². The Labute approximate surface area is 183 Å². The molecule has 0 saturated carbocycles. The van der Waals surface area contributed by atoms with Crippen LogP contribution in [0.25, 0.3) is 0 Å². The first-order valence-corrected chi connectivity index (χ1v) is 11.9. The lowest BCUT2D eigenvalue weighted by molar-refractivity contribution is -0.113. The van der Waals surface area contributed by atoms with Gasteiger partial charge in [-0.3, -0.25) is 4.79 Å². The van der Waals surface area contributed by atoms with Crippen LogP contribution in [-0.2, 0) is 30.8 Å². The van der Waals surface area contributed by atoms with Crippen LogP contribution >= 0.6 is 23.4 Å². The van der Waals surface area contributed by atoms with E-state index in [1.165, 1.54) is 28.2 Å². The van der Waals surface area contributed by atoms with Gasteiger partial charge in [0.05, 0.1) is 30.6 Å². The first-order chi connectivity index (χ1) is 14.4. The van der Waals surface area contributed by atoms with Gasteiger partial charge >= 0.3 is 0 Å². The zero-order valence-electron chi connectivity index (χ0n) is 16.3. The number of hydrogen-bond acceptors (Lipinski definition) is 8. The van der Waals surface area contributed by atoms with E-state index in [4.69, 9.17) is 21.1 Å². The van der Waals surface area contributed by atoms with Crippen LogP contribution in [0.3, 0.4) is 0 Å². The van der Waals surface area contributed by atoms with Crippen molar-refractivity contribution in [2.45, 2.75) is 16.6 Å². The molecule has 0 unspecified atom stereocenters. The number of thioether (sulfide) groups is 1. The zero-order valence-corrected chi connectivity index (χ0v) is 18.7. The summed E-state index contributed by atoms with van der Waals surface area (Å²) in [6.45, 7) is 2.26. The summed E-state index contributed by atoms with van der Waals surface area (Å²) in [5.74, 6) is -0.224. The van der Waals surface area contributed by atoms with E-state index in [9.17, 15) is 13.2 Å². The van der Waals surface area contributed by atoms with Gasteiger partial charge in [0.15, 0.2) is 5.16 Å². The molecule has 30 heavy (non-hydrogen) atoms. The Morgan fingerprint density at radius 3 is 2.87 bits per heavy atom. The van der Waals surface area contributed by atoms with Crippen molar-refractivity contribution < 1.29 is 22.7 Å². The Morgan fingerprint density at radius 1 is 1.37 bits per heavy atom. The molecule has 2 aromatic rings. The number of anilines is 1. The molecule has 164 valence electrons. The average Bonchev–Trinajstić information content (AvgIpc) is 3.20. The lowest BCUT2D eigenvalue weighted by Gasteiger charge is -2.26. The molecule has 13 heteroatoms. The molecule has 1 fully saturated rings. The number of carbonyl (C=O) groups is 1. The van der Waals surface area contributed by atoms with Crippen molar-refractivity contribution in [3.05, 3.63) is 29.5 Å². The number of amides is 1. The van der Waals surface area contributed by atoms with Gasteiger partial charge in [-0.25, -0.2) is 8.42 Å². The Kier molecular flexibility index (Phi) is 8.08. The smallest absolute Gasteiger partial charge is 0.244 e. The molecule has 1 saturated heterocycles. The summed E-state index contributed by atoms with van der Waals surface area (Å²) in [6, 6.07) is 4.39. The second-order valence-electron chi connectivity index (χ2n) is 6.30. The summed E-state index contributed by atoms with van der Waals surface area (Å²) in [7, 11) is -2.18. The summed E-state index contributed by atoms with van der Waals surface area (Å²) in [5, 5.41) is 11.2. The average molecular weight is 476 g/mol. The van der Waals surface area contributed by atoms with Gasteiger partial charge in [0, 0.05) is 32.4 Å². The molecule has 1 aliphatic heterocycles. The molecular formula is C17H22ClN5O5S2. The summed E-state index contributed by atoms with van der Waals surface area (Å²) in [6.07, 6.45) is 1.57. The summed E-state index contributed by atoms with van der Waals surface area (Å²) >= 11 is 7.36. The van der Waals surface area contributed by atoms with Gasteiger partial charge in [-0.1, -0.05) is 23.4 Å². The van der Waals surface area contributed by atoms with Crippen LogP contribution in [0.4, 0.5) is 5.69 Å². The van der Waals surface area contributed by atoms with E-state index in [0.717, 1.165) is 0 Å². The number of benzene rings is 1. The lowest BCUT2D eigenvalue weighted by Crippen LogP contribution is -2.40. The quantitative estimate of drug-likeness (QED) is 0.540. The van der Waals surface area contributed by atoms with E-state index in [0.29, 0.717) is 37.2 Å². The standard InChI is InChI=1S/C17H22ClN5O5S2/c1-27-7-4-22-12-19-21-17(22)29-11-16(24)20-13-2-3-14(18)15(10-13)30(25,26)23-5-8-28-9-6-23/h2-3,10,12H,4-9,11H2,1H3,(H,20,24). The Balaban J connectivity index is 1.65. The normalized spacial score (nSPS) is 15.3. The number of aromatic nitrogens is 3. The molecule has 10 nitrogen and oxygen atoms in total. The van der Waals surface area contributed by atoms with Crippen LogP contribution in [0.15, 0.2) is 34.6 Å². The fraction of sp³-hybridized carbons (Fsp3) is 0.471. The van der Waals surface area contributed by atoms with Crippen molar-refractivity contribution in [3.8, 4) is 0 Å². The van der Waals surface area contributed by atoms with Crippen LogP contribution in [0.1, 0.15) is 0 Å². The van der Waals surface area contributed by atoms with Crippen LogP contribution < -0.4 is 5.32 Å². The molecule has 0 radical (unpaired) electrons. The highest BCUT2D eigenvalue weighted by molar-refractivity contribution is 7.99. The second kappa shape index (κ2) is 10.6. The van der Waals surface area contributed by atoms with Crippen molar-refractivity contribution in [3.63, 3.8) is 0 Å². The van der Waals surface area contributed by atoms with Crippen molar-refractivity contribution >= 4 is 45.0 Å². The van der Waals surface area contributed by atoms with Crippen LogP contribution in [0.5, 0.6) is 0 Å². The van der Waals surface area contributed by atoms with E-state index >= 15 is 0 Å². The number of halogens is 1. The minimum atomic E-state index is -3.78. The largest absolute Gasteiger partial charge is 0.383 e. The van der Waals surface area contributed by atoms with Crippen LogP contribution in [-0.4, -0.2) is 79.2 Å². The molecule has 0 aliphatic carbocycles. The SMILES string of the molecule is COCCn1cnnc1SCC(=O)Nc1ccc(Cl)c(S(=O)(=O)N2CCOCC2)c1. The molecule has 1 N–H and O–H groups in total. The number of rotatable bonds is 9. The predicted molar refractivity (Wildman–Crippen MR) is 112 cm³/mol. The number of ether oxygens (including phenoxy) is 2. The van der Waals surface area contributed by atoms with E-state index < -0.39 is 10.0 Å². The Hall–Kier alpha value is -1.70. The first-order valence-electron chi connectivity index (χ1n) is 9.08. The number of sulfonamides is 1. The first kappa shape index (κ1) is 23.0. The fourth-order valence-electron chi connectivity index (χ4n) is 2.73. The van der Waals surface area contributed by atoms with Crippen molar-refractivity contribution in [1.82, 2.24) is 19.1 Å². The number of nitrogens with one attached hydrogen (secondary N) is 1. The Bertz CT molecular complexity index is 979. The number of methoxy groups -OCH3 is 1. The van der Waals surface area contributed by atoms with Crippen LogP contribution in [0, 0.1) is 0 Å². The minimum absolute atomic E-state index is 0.0455. The highest BCUT2D eigenvalue weighted by atomic mass is 35.5. The van der Waals surface area contributed by atoms with Crippen molar-refractivity contribution in [2.24, 2.45) is 0 Å². The second-order valence-corrected chi connectivity index (χ2v) is 9.55. The summed E-state index contributed by atoms with van der Waals surface area (Å²) < 4.78 is 39.1. The van der Waals surface area contributed by atoms with Gasteiger partial charge in [-0.15, -0.1) is 10.2 Å². The molecule has 0 atom stereocenters. The molecule has 0 bridgehead atoms. The van der Waals surface area contributed by atoms with Gasteiger partial charge in [0.2, 0.25) is 15.9 Å². The van der Waals surface area contributed by atoms with Crippen LogP contribution in [0.2, 0.25) is 5.02 Å². The lowest BCUT2D eigenvalue weighted by atomic mass is 10.3. The van der Waals surface area contributed by atoms with E-state index in [1.807, 2.05) is 0 Å². The van der Waals surface area contributed by atoms with Crippen molar-refractivity contribution in [2.75, 3.05) is 51.1 Å². The third-order valence-corrected chi connectivity index (χ3v) is 7.61. The maximum atomic E-state index is 12.9. The number of morpholine rings is 1. The molecule has 2 heterocycles. The highest BCUT2D eigenvalue weighted by Gasteiger charge is 2.28. The molecule has 1 aromatic carbocycles. The molecule has 0 spiro atoms. The van der Waals surface area contributed by atoms with Gasteiger partial charge in [-0.05, 0) is 18.2 Å². The number of carbonyl (C=O) groups excluding carboxylic acids is 1. The van der Waals surface area contributed by atoms with Gasteiger partial charge in [0.25, 0.3) is 0 Å². The highest BCUT2D eigenvalue weighted by Crippen LogP contribution is 2.28. The molecule has 1 aliphatic rings. The maximum absolute atomic E-state index is 12.9. The number of nitrogens with zero attached hydrogens (tertiary/aromatic N) is 4. The molecule has 1 amide bonds. The predicted octanol–water partition coefficient (Wildman–Crippen LogP) is 1.33. The number of hydrogen-bond donors (Lipinski definition) is 1. The van der Waals surface area contributed by atoms with Crippen molar-refractivity contribution in [1.29, 1.82) is 0 Å². The molecule has 1 aromatic heterocycles. The van der Waals surface area contributed by atoms with Gasteiger partial charge < -0.3 is 19.4 Å². The third kappa shape index (κ3) is 5.71. The van der Waals surface area contributed by atoms with Gasteiger partial charge in [0.1, 0.15) is 11.2 Å². The monoisotopic (exact) mass is 475 g/mol. The van der Waals surface area contributed by atoms with E-state index in [2.05, 4.69) is 15.5 Å². The Morgan fingerprint density at radius 2 is 2.13 bits per heavy atom. The third-order valence-electron chi connectivity index (χ3n) is 4.25. The summed E-state index contributed by atoms with van der Waals surface area (Å²) in [5.41, 5.74) is 0.345. The maximum Gasteiger partial charge on any atom is 0.244 e. The van der Waals surface area contributed by atoms with E-state index in [1.54, 1.807) is 24.1 Å². The summed E-state index contributed by atoms with van der Waals surface area (Å²) in [4.78, 5) is 12.3. The minimum Gasteiger partial charge on any atom is -0.383 e.